The zero-order valence-corrected chi connectivity index (χ0v) is 15.1. The first-order valence-electron chi connectivity index (χ1n) is 8.50. The maximum absolute atomic E-state index is 4.53. The Hall–Kier alpha value is -1.30. The van der Waals surface area contributed by atoms with Crippen LogP contribution in [0.5, 0.6) is 0 Å². The van der Waals surface area contributed by atoms with Gasteiger partial charge in [-0.15, -0.1) is 11.3 Å². The molecule has 3 heterocycles. The van der Waals surface area contributed by atoms with E-state index in [-0.39, 0.29) is 0 Å². The molecule has 1 atom stereocenters. The lowest BCUT2D eigenvalue weighted by Gasteiger charge is -2.43. The van der Waals surface area contributed by atoms with Crippen LogP contribution in [0.1, 0.15) is 32.8 Å². The molecule has 1 unspecified atom stereocenters. The average molecular weight is 331 g/mol. The summed E-state index contributed by atoms with van der Waals surface area (Å²) in [5.74, 6) is 0.833. The van der Waals surface area contributed by atoms with E-state index < -0.39 is 0 Å². The third kappa shape index (κ3) is 3.97. The van der Waals surface area contributed by atoms with Crippen molar-refractivity contribution in [2.24, 2.45) is 0 Å². The van der Waals surface area contributed by atoms with Gasteiger partial charge in [0, 0.05) is 56.2 Å². The fourth-order valence-corrected chi connectivity index (χ4v) is 4.02. The van der Waals surface area contributed by atoms with Crippen molar-refractivity contribution >= 4 is 11.3 Å². The minimum atomic E-state index is 0.635. The monoisotopic (exact) mass is 330 g/mol. The Balaban J connectivity index is 1.61. The van der Waals surface area contributed by atoms with Crippen LogP contribution in [0.2, 0.25) is 0 Å². The highest BCUT2D eigenvalue weighted by Crippen LogP contribution is 2.21. The van der Waals surface area contributed by atoms with Crippen molar-refractivity contribution in [2.45, 2.75) is 45.8 Å². The largest absolute Gasteiger partial charge is 0.296 e. The molecular formula is C18H26N4S. The molecule has 1 aliphatic rings. The first-order chi connectivity index (χ1) is 11.2. The van der Waals surface area contributed by atoms with E-state index in [0.29, 0.717) is 12.1 Å². The second kappa shape index (κ2) is 7.51. The normalized spacial score (nSPS) is 20.3. The Morgan fingerprint density at radius 2 is 2.04 bits per heavy atom. The molecule has 1 saturated heterocycles. The SMILES string of the molecule is CCC1CN(Cc2cnc(-c3cccs3)nc2)CCN1C(C)C. The van der Waals surface area contributed by atoms with Crippen LogP contribution < -0.4 is 0 Å². The van der Waals surface area contributed by atoms with Crippen molar-refractivity contribution in [3.8, 4) is 10.7 Å². The van der Waals surface area contributed by atoms with E-state index >= 15 is 0 Å². The Morgan fingerprint density at radius 1 is 1.26 bits per heavy atom. The Kier molecular flexibility index (Phi) is 5.41. The molecule has 3 rings (SSSR count). The zero-order valence-electron chi connectivity index (χ0n) is 14.3. The summed E-state index contributed by atoms with van der Waals surface area (Å²) in [6, 6.07) is 5.40. The molecule has 0 radical (unpaired) electrons. The van der Waals surface area contributed by atoms with Gasteiger partial charge >= 0.3 is 0 Å². The van der Waals surface area contributed by atoms with Crippen LogP contribution in [0.15, 0.2) is 29.9 Å². The highest BCUT2D eigenvalue weighted by molar-refractivity contribution is 7.13. The van der Waals surface area contributed by atoms with Gasteiger partial charge < -0.3 is 0 Å². The number of thiophene rings is 1. The molecule has 2 aromatic heterocycles. The van der Waals surface area contributed by atoms with Crippen LogP contribution >= 0.6 is 11.3 Å². The van der Waals surface area contributed by atoms with Gasteiger partial charge in [-0.25, -0.2) is 9.97 Å². The van der Waals surface area contributed by atoms with Crippen molar-refractivity contribution in [2.75, 3.05) is 19.6 Å². The lowest BCUT2D eigenvalue weighted by molar-refractivity contribution is 0.0456. The highest BCUT2D eigenvalue weighted by Gasteiger charge is 2.27. The molecule has 0 aliphatic carbocycles. The molecule has 1 aliphatic heterocycles. The Labute approximate surface area is 143 Å². The molecule has 0 bridgehead atoms. The van der Waals surface area contributed by atoms with Gasteiger partial charge in [-0.3, -0.25) is 9.80 Å². The van der Waals surface area contributed by atoms with Crippen LogP contribution in [-0.4, -0.2) is 51.5 Å². The summed E-state index contributed by atoms with van der Waals surface area (Å²) < 4.78 is 0. The van der Waals surface area contributed by atoms with E-state index in [2.05, 4.69) is 52.0 Å². The zero-order chi connectivity index (χ0) is 16.2. The minimum absolute atomic E-state index is 0.635. The van der Waals surface area contributed by atoms with Gasteiger partial charge in [0.25, 0.3) is 0 Å². The van der Waals surface area contributed by atoms with E-state index in [4.69, 9.17) is 0 Å². The van der Waals surface area contributed by atoms with Gasteiger partial charge in [-0.2, -0.15) is 0 Å². The van der Waals surface area contributed by atoms with Gasteiger partial charge in [0.1, 0.15) is 0 Å². The summed E-state index contributed by atoms with van der Waals surface area (Å²) in [6.07, 6.45) is 5.18. The molecule has 124 valence electrons. The van der Waals surface area contributed by atoms with E-state index in [9.17, 15) is 0 Å². The van der Waals surface area contributed by atoms with Gasteiger partial charge in [0.15, 0.2) is 5.82 Å². The topological polar surface area (TPSA) is 32.3 Å². The molecule has 4 nitrogen and oxygen atoms in total. The van der Waals surface area contributed by atoms with Crippen molar-refractivity contribution in [3.05, 3.63) is 35.5 Å². The standard InChI is InChI=1S/C18H26N4S/c1-4-16-13-21(7-8-22(16)14(2)3)12-15-10-19-18(20-11-15)17-6-5-9-23-17/h5-6,9-11,14,16H,4,7-8,12-13H2,1-3H3. The smallest absolute Gasteiger partial charge is 0.169 e. The fraction of sp³-hybridized carbons (Fsp3) is 0.556. The second-order valence-corrected chi connectivity index (χ2v) is 7.47. The molecule has 0 N–H and O–H groups in total. The maximum Gasteiger partial charge on any atom is 0.169 e. The highest BCUT2D eigenvalue weighted by atomic mass is 32.1. The second-order valence-electron chi connectivity index (χ2n) is 6.52. The van der Waals surface area contributed by atoms with Crippen LogP contribution in [0.4, 0.5) is 0 Å². The van der Waals surface area contributed by atoms with Crippen molar-refractivity contribution < 1.29 is 0 Å². The van der Waals surface area contributed by atoms with Crippen molar-refractivity contribution in [1.82, 2.24) is 19.8 Å². The number of hydrogen-bond acceptors (Lipinski definition) is 5. The van der Waals surface area contributed by atoms with Crippen LogP contribution in [0, 0.1) is 0 Å². The molecule has 0 aromatic carbocycles. The Morgan fingerprint density at radius 3 is 2.65 bits per heavy atom. The molecule has 1 fully saturated rings. The first kappa shape index (κ1) is 16.6. The average Bonchev–Trinajstić information content (AvgIpc) is 3.09. The van der Waals surface area contributed by atoms with Crippen LogP contribution in [0.25, 0.3) is 10.7 Å². The minimum Gasteiger partial charge on any atom is -0.296 e. The van der Waals surface area contributed by atoms with Gasteiger partial charge in [-0.05, 0) is 31.7 Å². The molecule has 0 spiro atoms. The molecular weight excluding hydrogens is 304 g/mol. The fourth-order valence-electron chi connectivity index (χ4n) is 3.35. The number of hydrogen-bond donors (Lipinski definition) is 0. The Bertz CT molecular complexity index is 594. The van der Waals surface area contributed by atoms with E-state index in [0.717, 1.165) is 36.9 Å². The van der Waals surface area contributed by atoms with E-state index in [1.807, 2.05) is 18.5 Å². The van der Waals surface area contributed by atoms with Crippen molar-refractivity contribution in [3.63, 3.8) is 0 Å². The quantitative estimate of drug-likeness (QED) is 0.840. The van der Waals surface area contributed by atoms with Gasteiger partial charge in [-0.1, -0.05) is 13.0 Å². The summed E-state index contributed by atoms with van der Waals surface area (Å²) in [5.41, 5.74) is 1.21. The third-order valence-electron chi connectivity index (χ3n) is 4.60. The number of nitrogens with zero attached hydrogens (tertiary/aromatic N) is 4. The predicted molar refractivity (Wildman–Crippen MR) is 96.5 cm³/mol. The van der Waals surface area contributed by atoms with Crippen LogP contribution in [0.3, 0.4) is 0 Å². The predicted octanol–water partition coefficient (Wildman–Crippen LogP) is 3.51. The molecule has 2 aromatic rings. The van der Waals surface area contributed by atoms with Gasteiger partial charge in [0.2, 0.25) is 0 Å². The summed E-state index contributed by atoms with van der Waals surface area (Å²) >= 11 is 1.68. The number of piperazine rings is 1. The molecule has 5 heteroatoms. The number of rotatable bonds is 5. The summed E-state index contributed by atoms with van der Waals surface area (Å²) in [4.78, 5) is 15.4. The lowest BCUT2D eigenvalue weighted by Crippen LogP contribution is -2.54. The molecule has 23 heavy (non-hydrogen) atoms. The van der Waals surface area contributed by atoms with Crippen molar-refractivity contribution in [1.29, 1.82) is 0 Å². The van der Waals surface area contributed by atoms with E-state index in [1.54, 1.807) is 11.3 Å². The maximum atomic E-state index is 4.53. The first-order valence-corrected chi connectivity index (χ1v) is 9.38. The van der Waals surface area contributed by atoms with E-state index in [1.165, 1.54) is 12.0 Å². The summed E-state index contributed by atoms with van der Waals surface area (Å²) in [6.45, 7) is 11.3. The van der Waals surface area contributed by atoms with Gasteiger partial charge in [0.05, 0.1) is 4.88 Å². The molecule has 0 amide bonds. The summed E-state index contributed by atoms with van der Waals surface area (Å²) in [7, 11) is 0. The lowest BCUT2D eigenvalue weighted by atomic mass is 10.1. The van der Waals surface area contributed by atoms with Crippen LogP contribution in [-0.2, 0) is 6.54 Å². The third-order valence-corrected chi connectivity index (χ3v) is 5.47. The number of aromatic nitrogens is 2. The summed E-state index contributed by atoms with van der Waals surface area (Å²) in [5, 5.41) is 2.06. The molecule has 0 saturated carbocycles.